The monoisotopic (exact) mass is 445 g/mol. The lowest BCUT2D eigenvalue weighted by molar-refractivity contribution is 0.0567. The van der Waals surface area contributed by atoms with E-state index in [0.29, 0.717) is 18.7 Å². The largest absolute Gasteiger partial charge is 0.447 e. The third kappa shape index (κ3) is 7.64. The predicted octanol–water partition coefficient (Wildman–Crippen LogP) is 4.67. The number of nitrogens with one attached hydrogen (secondary N) is 1. The molecule has 0 saturated carbocycles. The van der Waals surface area contributed by atoms with Crippen molar-refractivity contribution in [2.24, 2.45) is 0 Å². The van der Waals surface area contributed by atoms with Crippen LogP contribution in [-0.2, 0) is 14.2 Å². The van der Waals surface area contributed by atoms with Crippen LogP contribution in [0.25, 0.3) is 5.57 Å². The summed E-state index contributed by atoms with van der Waals surface area (Å²) in [7, 11) is 0. The molecule has 1 aliphatic heterocycles. The number of hydrazine groups is 1. The molecule has 32 heavy (non-hydrogen) atoms. The summed E-state index contributed by atoms with van der Waals surface area (Å²) < 4.78 is 15.4. The van der Waals surface area contributed by atoms with Crippen LogP contribution in [0.5, 0.6) is 0 Å². The van der Waals surface area contributed by atoms with E-state index in [1.807, 2.05) is 30.3 Å². The van der Waals surface area contributed by atoms with Gasteiger partial charge in [-0.1, -0.05) is 36.9 Å². The summed E-state index contributed by atoms with van der Waals surface area (Å²) in [5.74, 6) is 0. The van der Waals surface area contributed by atoms with Crippen molar-refractivity contribution < 1.29 is 28.6 Å². The van der Waals surface area contributed by atoms with E-state index < -0.39 is 30.5 Å². The average Bonchev–Trinajstić information content (AvgIpc) is 3.13. The van der Waals surface area contributed by atoms with E-state index in [0.717, 1.165) is 16.1 Å². The molecule has 0 radical (unpaired) electrons. The summed E-state index contributed by atoms with van der Waals surface area (Å²) in [6.07, 6.45) is -0.751. The Morgan fingerprint density at radius 1 is 1.16 bits per heavy atom. The number of ether oxygens (including phenoxy) is 3. The van der Waals surface area contributed by atoms with E-state index in [2.05, 4.69) is 12.0 Å². The number of cyclic esters (lactones) is 1. The normalized spacial score (nSPS) is 13.8. The smallest absolute Gasteiger partial charge is 0.433 e. The topological polar surface area (TPSA) is 97.4 Å². The lowest BCUT2D eigenvalue weighted by Crippen LogP contribution is -2.47. The van der Waals surface area contributed by atoms with Crippen LogP contribution in [0.3, 0.4) is 0 Å². The van der Waals surface area contributed by atoms with Gasteiger partial charge in [0.15, 0.2) is 0 Å². The van der Waals surface area contributed by atoms with E-state index >= 15 is 0 Å². The molecule has 0 atom stereocenters. The van der Waals surface area contributed by atoms with Gasteiger partial charge in [0, 0.05) is 6.20 Å². The zero-order valence-corrected chi connectivity index (χ0v) is 19.0. The van der Waals surface area contributed by atoms with Crippen LogP contribution in [0.1, 0.15) is 46.1 Å². The van der Waals surface area contributed by atoms with Crippen molar-refractivity contribution in [2.45, 2.75) is 52.7 Å². The van der Waals surface area contributed by atoms with Crippen LogP contribution < -0.4 is 5.43 Å². The summed E-state index contributed by atoms with van der Waals surface area (Å²) in [4.78, 5) is 38.4. The van der Waals surface area contributed by atoms with E-state index in [9.17, 15) is 14.4 Å². The van der Waals surface area contributed by atoms with Crippen molar-refractivity contribution in [1.82, 2.24) is 15.3 Å². The molecule has 1 aromatic carbocycles. The Kier molecular flexibility index (Phi) is 9.12. The number of allylic oxidation sites excluding steroid dienone is 2. The van der Waals surface area contributed by atoms with Crippen LogP contribution in [0.15, 0.2) is 48.8 Å². The molecule has 0 aliphatic carbocycles. The van der Waals surface area contributed by atoms with Gasteiger partial charge in [0.25, 0.3) is 0 Å². The summed E-state index contributed by atoms with van der Waals surface area (Å²) in [6, 6.07) is 9.61. The Bertz CT molecular complexity index is 851. The third-order valence-electron chi connectivity index (χ3n) is 4.31. The van der Waals surface area contributed by atoms with Crippen LogP contribution >= 0.6 is 0 Å². The van der Waals surface area contributed by atoms with Crippen LogP contribution in [0, 0.1) is 0 Å². The van der Waals surface area contributed by atoms with Gasteiger partial charge in [-0.25, -0.2) is 19.8 Å². The van der Waals surface area contributed by atoms with Crippen molar-refractivity contribution in [1.29, 1.82) is 0 Å². The molecule has 9 heteroatoms. The summed E-state index contributed by atoms with van der Waals surface area (Å²) in [6.45, 7) is 11.5. The first-order valence-corrected chi connectivity index (χ1v) is 10.5. The first-order valence-electron chi connectivity index (χ1n) is 10.5. The van der Waals surface area contributed by atoms with Crippen LogP contribution in [-0.4, -0.2) is 53.5 Å². The summed E-state index contributed by atoms with van der Waals surface area (Å²) >= 11 is 0. The number of benzene rings is 1. The summed E-state index contributed by atoms with van der Waals surface area (Å²) in [5, 5.41) is 0.967. The average molecular weight is 446 g/mol. The Morgan fingerprint density at radius 3 is 2.38 bits per heavy atom. The summed E-state index contributed by atoms with van der Waals surface area (Å²) in [5.41, 5.74) is 4.54. The van der Waals surface area contributed by atoms with Gasteiger partial charge >= 0.3 is 18.3 Å². The number of carbonyl (C=O) groups excluding carboxylic acids is 3. The lowest BCUT2D eigenvalue weighted by atomic mass is 10.0. The molecule has 0 bridgehead atoms. The lowest BCUT2D eigenvalue weighted by Gasteiger charge is -2.27. The molecule has 1 N–H and O–H groups in total. The minimum Gasteiger partial charge on any atom is -0.447 e. The van der Waals surface area contributed by atoms with Crippen molar-refractivity contribution in [3.8, 4) is 0 Å². The fourth-order valence-electron chi connectivity index (χ4n) is 2.85. The van der Waals surface area contributed by atoms with Gasteiger partial charge in [-0.05, 0) is 51.7 Å². The zero-order valence-electron chi connectivity index (χ0n) is 19.0. The van der Waals surface area contributed by atoms with E-state index in [1.54, 1.807) is 27.7 Å². The van der Waals surface area contributed by atoms with Crippen LogP contribution in [0.4, 0.5) is 14.4 Å². The van der Waals surface area contributed by atoms with Crippen molar-refractivity contribution in [3.63, 3.8) is 0 Å². The fraction of sp³-hybridized carbons (Fsp3) is 0.435. The molecular formula is C23H31N3O6. The maximum absolute atomic E-state index is 12.8. The van der Waals surface area contributed by atoms with Gasteiger partial charge in [0.05, 0.1) is 24.4 Å². The molecule has 0 aromatic heterocycles. The third-order valence-corrected chi connectivity index (χ3v) is 4.31. The van der Waals surface area contributed by atoms with Crippen molar-refractivity contribution in [2.75, 3.05) is 13.2 Å². The number of hydrogen-bond acceptors (Lipinski definition) is 6. The Hall–Kier alpha value is -3.49. The SMILES string of the molecule is C=C(CC/C(=C/N1CCOC1=O)N(NC(=O)OC(C)C)C(=O)OC(C)C)c1ccccc1. The van der Waals surface area contributed by atoms with Gasteiger partial charge in [0.1, 0.15) is 6.61 Å². The second-order valence-electron chi connectivity index (χ2n) is 7.73. The predicted molar refractivity (Wildman–Crippen MR) is 119 cm³/mol. The van der Waals surface area contributed by atoms with E-state index in [-0.39, 0.29) is 13.0 Å². The maximum atomic E-state index is 12.8. The van der Waals surface area contributed by atoms with Gasteiger partial charge in [-0.3, -0.25) is 4.90 Å². The standard InChI is InChI=1S/C23H31N3O6/c1-16(2)31-21(27)24-26(23(29)32-17(3)4)20(15-25-13-14-30-22(25)28)12-11-18(5)19-9-7-6-8-10-19/h6-10,15-17H,5,11-14H2,1-4H3,(H,24,27)/b20-15-. The molecule has 9 nitrogen and oxygen atoms in total. The van der Waals surface area contributed by atoms with Crippen molar-refractivity contribution in [3.05, 3.63) is 54.4 Å². The van der Waals surface area contributed by atoms with Crippen LogP contribution in [0.2, 0.25) is 0 Å². The molecule has 0 unspecified atom stereocenters. The Morgan fingerprint density at radius 2 is 1.81 bits per heavy atom. The van der Waals surface area contributed by atoms with Gasteiger partial charge in [-0.2, -0.15) is 5.01 Å². The molecule has 2 rings (SSSR count). The van der Waals surface area contributed by atoms with Crippen molar-refractivity contribution >= 4 is 23.9 Å². The Labute approximate surface area is 188 Å². The first kappa shape index (κ1) is 24.8. The van der Waals surface area contributed by atoms with Gasteiger partial charge in [0.2, 0.25) is 0 Å². The van der Waals surface area contributed by atoms with Gasteiger partial charge in [-0.15, -0.1) is 0 Å². The fourth-order valence-corrected chi connectivity index (χ4v) is 2.85. The molecule has 1 heterocycles. The molecule has 1 aliphatic rings. The highest BCUT2D eigenvalue weighted by Gasteiger charge is 2.28. The zero-order chi connectivity index (χ0) is 23.7. The maximum Gasteiger partial charge on any atom is 0.433 e. The molecular weight excluding hydrogens is 414 g/mol. The highest BCUT2D eigenvalue weighted by molar-refractivity contribution is 5.76. The van der Waals surface area contributed by atoms with E-state index in [1.165, 1.54) is 11.1 Å². The first-order chi connectivity index (χ1) is 15.2. The minimum absolute atomic E-state index is 0.235. The molecule has 3 amide bonds. The number of hydrogen-bond donors (Lipinski definition) is 1. The number of amides is 3. The second kappa shape index (κ2) is 11.8. The molecule has 1 saturated heterocycles. The molecule has 174 valence electrons. The van der Waals surface area contributed by atoms with Gasteiger partial charge < -0.3 is 14.2 Å². The molecule has 1 fully saturated rings. The quantitative estimate of drug-likeness (QED) is 0.461. The second-order valence-corrected chi connectivity index (χ2v) is 7.73. The highest BCUT2D eigenvalue weighted by Crippen LogP contribution is 2.23. The Balaban J connectivity index is 2.30. The number of nitrogens with zero attached hydrogens (tertiary/aromatic N) is 2. The number of carbonyl (C=O) groups is 3. The minimum atomic E-state index is -0.822. The number of rotatable bonds is 8. The molecule has 1 aromatic rings. The highest BCUT2D eigenvalue weighted by atomic mass is 16.6. The van der Waals surface area contributed by atoms with E-state index in [4.69, 9.17) is 14.2 Å². The molecule has 0 spiro atoms.